The van der Waals surface area contributed by atoms with E-state index in [0.29, 0.717) is 27.5 Å². The Morgan fingerprint density at radius 1 is 1.29 bits per heavy atom. The number of nitrogens with one attached hydrogen (secondary N) is 1. The molecule has 0 aromatic heterocycles. The van der Waals surface area contributed by atoms with Crippen molar-refractivity contribution in [3.8, 4) is 11.5 Å². The average molecular weight is 373 g/mol. The second-order valence-corrected chi connectivity index (χ2v) is 6.01. The molecule has 2 aromatic rings. The van der Waals surface area contributed by atoms with Crippen LogP contribution in [0.15, 0.2) is 28.7 Å². The van der Waals surface area contributed by atoms with Crippen molar-refractivity contribution in [2.75, 3.05) is 12.1 Å². The minimum Gasteiger partial charge on any atom is -0.454 e. The first-order valence-corrected chi connectivity index (χ1v) is 7.49. The molecule has 1 aliphatic rings. The first kappa shape index (κ1) is 14.5. The summed E-state index contributed by atoms with van der Waals surface area (Å²) in [5.41, 5.74) is 2.66. The van der Waals surface area contributed by atoms with Gasteiger partial charge in [0.1, 0.15) is 5.82 Å². The highest BCUT2D eigenvalue weighted by molar-refractivity contribution is 9.10. The van der Waals surface area contributed by atoms with E-state index in [-0.39, 0.29) is 12.6 Å². The van der Waals surface area contributed by atoms with E-state index >= 15 is 0 Å². The largest absolute Gasteiger partial charge is 0.454 e. The molecule has 6 heteroatoms. The Balaban J connectivity index is 1.79. The zero-order valence-corrected chi connectivity index (χ0v) is 13.5. The van der Waals surface area contributed by atoms with Crippen LogP contribution in [0.3, 0.4) is 0 Å². The molecule has 1 heterocycles. The van der Waals surface area contributed by atoms with Crippen molar-refractivity contribution in [1.82, 2.24) is 0 Å². The number of anilines is 1. The van der Waals surface area contributed by atoms with Gasteiger partial charge in [-0.15, -0.1) is 0 Å². The van der Waals surface area contributed by atoms with E-state index in [2.05, 4.69) is 21.2 Å². The average Bonchev–Trinajstić information content (AvgIpc) is 2.90. The lowest BCUT2D eigenvalue weighted by Gasteiger charge is -2.11. The van der Waals surface area contributed by atoms with Crippen molar-refractivity contribution < 1.29 is 13.9 Å². The molecular formula is C15H12BrClFNO2. The Hall–Kier alpha value is -1.46. The Bertz CT molecular complexity index is 709. The summed E-state index contributed by atoms with van der Waals surface area (Å²) < 4.78 is 24.4. The fraction of sp³-hybridized carbons (Fsp3) is 0.200. The van der Waals surface area contributed by atoms with Crippen molar-refractivity contribution in [3.63, 3.8) is 0 Å². The van der Waals surface area contributed by atoms with E-state index in [4.69, 9.17) is 21.1 Å². The number of aryl methyl sites for hydroxylation is 1. The van der Waals surface area contributed by atoms with Gasteiger partial charge in [-0.25, -0.2) is 4.39 Å². The van der Waals surface area contributed by atoms with Gasteiger partial charge >= 0.3 is 0 Å². The first-order valence-electron chi connectivity index (χ1n) is 6.32. The van der Waals surface area contributed by atoms with Gasteiger partial charge in [0.25, 0.3) is 0 Å². The highest BCUT2D eigenvalue weighted by atomic mass is 79.9. The number of fused-ring (bicyclic) bond motifs is 1. The topological polar surface area (TPSA) is 30.5 Å². The minimum absolute atomic E-state index is 0.190. The van der Waals surface area contributed by atoms with Crippen molar-refractivity contribution in [2.24, 2.45) is 0 Å². The molecule has 1 aliphatic heterocycles. The van der Waals surface area contributed by atoms with Gasteiger partial charge in [0.15, 0.2) is 11.5 Å². The number of halogens is 3. The third-order valence-electron chi connectivity index (χ3n) is 3.24. The molecule has 0 unspecified atom stereocenters. The van der Waals surface area contributed by atoms with Gasteiger partial charge in [-0.05, 0) is 58.2 Å². The zero-order valence-electron chi connectivity index (χ0n) is 11.2. The van der Waals surface area contributed by atoms with Gasteiger partial charge in [-0.1, -0.05) is 11.6 Å². The normalized spacial score (nSPS) is 12.6. The van der Waals surface area contributed by atoms with E-state index in [1.54, 1.807) is 6.07 Å². The number of hydrogen-bond acceptors (Lipinski definition) is 3. The quantitative estimate of drug-likeness (QED) is 0.832. The third-order valence-corrected chi connectivity index (χ3v) is 4.13. The van der Waals surface area contributed by atoms with Crippen LogP contribution in [0.25, 0.3) is 0 Å². The van der Waals surface area contributed by atoms with Crippen molar-refractivity contribution in [1.29, 1.82) is 0 Å². The summed E-state index contributed by atoms with van der Waals surface area (Å²) in [7, 11) is 0. The summed E-state index contributed by atoms with van der Waals surface area (Å²) in [6.45, 7) is 2.59. The van der Waals surface area contributed by atoms with E-state index in [1.165, 1.54) is 6.07 Å². The molecule has 3 nitrogen and oxygen atoms in total. The summed E-state index contributed by atoms with van der Waals surface area (Å²) in [5.74, 6) is 0.960. The predicted molar refractivity (Wildman–Crippen MR) is 83.7 cm³/mol. The molecular weight excluding hydrogens is 361 g/mol. The third kappa shape index (κ3) is 2.94. The van der Waals surface area contributed by atoms with Crippen molar-refractivity contribution >= 4 is 33.2 Å². The fourth-order valence-corrected chi connectivity index (χ4v) is 2.79. The maximum Gasteiger partial charge on any atom is 0.231 e. The van der Waals surface area contributed by atoms with E-state index < -0.39 is 0 Å². The number of rotatable bonds is 3. The van der Waals surface area contributed by atoms with Crippen molar-refractivity contribution in [2.45, 2.75) is 13.5 Å². The van der Waals surface area contributed by atoms with Crippen LogP contribution in [0.2, 0.25) is 5.02 Å². The van der Waals surface area contributed by atoms with Gasteiger partial charge in [-0.2, -0.15) is 0 Å². The highest BCUT2D eigenvalue weighted by Crippen LogP contribution is 2.40. The summed E-state index contributed by atoms with van der Waals surface area (Å²) in [6, 6.07) is 6.92. The smallest absolute Gasteiger partial charge is 0.231 e. The van der Waals surface area contributed by atoms with Gasteiger partial charge < -0.3 is 14.8 Å². The first-order chi connectivity index (χ1) is 10.0. The molecule has 0 saturated carbocycles. The molecule has 0 radical (unpaired) electrons. The molecule has 0 saturated heterocycles. The molecule has 0 aliphatic carbocycles. The van der Waals surface area contributed by atoms with Crippen LogP contribution in [-0.4, -0.2) is 6.79 Å². The highest BCUT2D eigenvalue weighted by Gasteiger charge is 2.18. The molecule has 21 heavy (non-hydrogen) atoms. The lowest BCUT2D eigenvalue weighted by atomic mass is 10.1. The molecule has 0 atom stereocenters. The standard InChI is InChI=1S/C15H12BrClFNO2/c1-8-2-12(18)10(16)5-13(8)19-6-9-3-11(17)15-14(4-9)20-7-21-15/h2-5,19H,6-7H2,1H3. The maximum absolute atomic E-state index is 13.4. The van der Waals surface area contributed by atoms with Crippen LogP contribution in [0.1, 0.15) is 11.1 Å². The van der Waals surface area contributed by atoms with Crippen LogP contribution in [-0.2, 0) is 6.54 Å². The number of ether oxygens (including phenoxy) is 2. The molecule has 0 bridgehead atoms. The number of hydrogen-bond donors (Lipinski definition) is 1. The fourth-order valence-electron chi connectivity index (χ4n) is 2.16. The monoisotopic (exact) mass is 371 g/mol. The SMILES string of the molecule is Cc1cc(F)c(Br)cc1NCc1cc(Cl)c2c(c1)OCO2. The van der Waals surface area contributed by atoms with Crippen LogP contribution < -0.4 is 14.8 Å². The molecule has 0 fully saturated rings. The molecule has 3 rings (SSSR count). The van der Waals surface area contributed by atoms with E-state index in [9.17, 15) is 4.39 Å². The molecule has 110 valence electrons. The Morgan fingerprint density at radius 2 is 2.10 bits per heavy atom. The predicted octanol–water partition coefficient (Wildman–Crippen LogP) is 4.89. The van der Waals surface area contributed by atoms with E-state index in [1.807, 2.05) is 19.1 Å². The Kier molecular flexibility index (Phi) is 3.95. The molecule has 0 spiro atoms. The van der Waals surface area contributed by atoms with Crippen LogP contribution >= 0.6 is 27.5 Å². The van der Waals surface area contributed by atoms with Crippen LogP contribution in [0, 0.1) is 12.7 Å². The lowest BCUT2D eigenvalue weighted by Crippen LogP contribution is -2.02. The second-order valence-electron chi connectivity index (χ2n) is 4.75. The van der Waals surface area contributed by atoms with E-state index in [0.717, 1.165) is 16.8 Å². The molecule has 0 amide bonds. The van der Waals surface area contributed by atoms with Gasteiger partial charge in [-0.3, -0.25) is 0 Å². The zero-order chi connectivity index (χ0) is 15.0. The summed E-state index contributed by atoms with van der Waals surface area (Å²) >= 11 is 9.33. The van der Waals surface area contributed by atoms with Gasteiger partial charge in [0.05, 0.1) is 9.50 Å². The summed E-state index contributed by atoms with van der Waals surface area (Å²) in [5, 5.41) is 3.79. The van der Waals surface area contributed by atoms with Gasteiger partial charge in [0.2, 0.25) is 6.79 Å². The molecule has 1 N–H and O–H groups in total. The summed E-state index contributed by atoms with van der Waals surface area (Å²) in [6.07, 6.45) is 0. The summed E-state index contributed by atoms with van der Waals surface area (Å²) in [4.78, 5) is 0. The minimum atomic E-state index is -0.274. The van der Waals surface area contributed by atoms with Crippen LogP contribution in [0.5, 0.6) is 11.5 Å². The second kappa shape index (κ2) is 5.73. The van der Waals surface area contributed by atoms with Crippen molar-refractivity contribution in [3.05, 3.63) is 50.7 Å². The Morgan fingerprint density at radius 3 is 2.90 bits per heavy atom. The van der Waals surface area contributed by atoms with Crippen LogP contribution in [0.4, 0.5) is 10.1 Å². The van der Waals surface area contributed by atoms with Gasteiger partial charge in [0, 0.05) is 12.2 Å². The number of benzene rings is 2. The maximum atomic E-state index is 13.4. The Labute approximate surface area is 135 Å². The lowest BCUT2D eigenvalue weighted by molar-refractivity contribution is 0.174. The molecule has 2 aromatic carbocycles.